The van der Waals surface area contributed by atoms with Gasteiger partial charge in [0, 0.05) is 24.6 Å². The Morgan fingerprint density at radius 3 is 2.63 bits per heavy atom. The maximum Gasteiger partial charge on any atom is 0.335 e. The molecule has 1 aliphatic heterocycles. The van der Waals surface area contributed by atoms with Crippen molar-refractivity contribution in [3.05, 3.63) is 64.2 Å². The van der Waals surface area contributed by atoms with Crippen molar-refractivity contribution in [3.63, 3.8) is 0 Å². The number of nitrogens with zero attached hydrogens (tertiary/aromatic N) is 2. The molecule has 0 unspecified atom stereocenters. The molecule has 1 amide bonds. The second-order valence-corrected chi connectivity index (χ2v) is 8.17. The molecule has 5 nitrogen and oxygen atoms in total. The van der Waals surface area contributed by atoms with Crippen molar-refractivity contribution < 1.29 is 14.7 Å². The quantitative estimate of drug-likeness (QED) is 0.734. The molecule has 0 radical (unpaired) electrons. The summed E-state index contributed by atoms with van der Waals surface area (Å²) in [5.74, 6) is -0.653. The number of carbonyl (C=O) groups excluding carboxylic acids is 1. The lowest BCUT2D eigenvalue weighted by atomic mass is 9.90. The number of rotatable bonds is 3. The lowest BCUT2D eigenvalue weighted by Gasteiger charge is -2.33. The van der Waals surface area contributed by atoms with E-state index in [0.29, 0.717) is 12.1 Å². The highest BCUT2D eigenvalue weighted by atomic mass is 32.1. The minimum Gasteiger partial charge on any atom is -0.478 e. The summed E-state index contributed by atoms with van der Waals surface area (Å²) >= 11 is 1.63. The van der Waals surface area contributed by atoms with Gasteiger partial charge in [-0.2, -0.15) is 0 Å². The Bertz CT molecular complexity index is 1010. The minimum atomic E-state index is -0.922. The van der Waals surface area contributed by atoms with Gasteiger partial charge in [0.05, 0.1) is 20.8 Å². The van der Waals surface area contributed by atoms with Crippen molar-refractivity contribution in [1.29, 1.82) is 0 Å². The van der Waals surface area contributed by atoms with Gasteiger partial charge in [0.1, 0.15) is 0 Å². The first-order valence-corrected chi connectivity index (χ1v) is 9.82. The molecule has 0 spiro atoms. The van der Waals surface area contributed by atoms with Crippen LogP contribution in [-0.2, 0) is 0 Å². The zero-order valence-electron chi connectivity index (χ0n) is 15.0. The summed E-state index contributed by atoms with van der Waals surface area (Å²) in [5.41, 5.74) is 2.92. The molecule has 1 atom stereocenters. The van der Waals surface area contributed by atoms with E-state index >= 15 is 0 Å². The predicted octanol–water partition coefficient (Wildman–Crippen LogP) is 4.32. The van der Waals surface area contributed by atoms with Crippen LogP contribution in [0, 0.1) is 6.92 Å². The molecule has 138 valence electrons. The number of aromatic carboxylic acids is 1. The van der Waals surface area contributed by atoms with Gasteiger partial charge >= 0.3 is 5.97 Å². The average molecular weight is 380 g/mol. The molecule has 1 fully saturated rings. The van der Waals surface area contributed by atoms with Crippen molar-refractivity contribution >= 4 is 33.4 Å². The highest BCUT2D eigenvalue weighted by Crippen LogP contribution is 2.29. The van der Waals surface area contributed by atoms with E-state index in [1.807, 2.05) is 42.2 Å². The number of aryl methyl sites for hydroxylation is 1. The largest absolute Gasteiger partial charge is 0.478 e. The van der Waals surface area contributed by atoms with E-state index in [1.165, 1.54) is 0 Å². The highest BCUT2D eigenvalue weighted by Gasteiger charge is 2.26. The van der Waals surface area contributed by atoms with Crippen LogP contribution in [0.5, 0.6) is 0 Å². The molecular formula is C21H20N2O3S. The van der Waals surface area contributed by atoms with Gasteiger partial charge in [-0.1, -0.05) is 12.1 Å². The topological polar surface area (TPSA) is 70.5 Å². The third kappa shape index (κ3) is 3.57. The number of likely N-dealkylation sites (tertiary alicyclic amines) is 1. The standard InChI is InChI=1S/C21H20N2O3S/c1-13-22-18-11-16(8-9-19(18)27-13)20(24)23-10-2-3-17(12-23)14-4-6-15(7-5-14)21(25)26/h4-9,11,17H,2-3,10,12H2,1H3,(H,25,26)/t17-/m1/s1. The first-order chi connectivity index (χ1) is 13.0. The zero-order valence-corrected chi connectivity index (χ0v) is 15.8. The molecule has 4 rings (SSSR count). The summed E-state index contributed by atoms with van der Waals surface area (Å²) in [4.78, 5) is 30.4. The third-order valence-corrected chi connectivity index (χ3v) is 6.03. The van der Waals surface area contributed by atoms with Gasteiger partial charge in [-0.15, -0.1) is 11.3 Å². The van der Waals surface area contributed by atoms with Crippen molar-refractivity contribution in [2.45, 2.75) is 25.7 Å². The van der Waals surface area contributed by atoms with Gasteiger partial charge in [0.25, 0.3) is 5.91 Å². The SMILES string of the molecule is Cc1nc2cc(C(=O)N3CCC[C@@H](c4ccc(C(=O)O)cc4)C3)ccc2s1. The summed E-state index contributed by atoms with van der Waals surface area (Å²) in [6, 6.07) is 12.7. The van der Waals surface area contributed by atoms with Crippen LogP contribution >= 0.6 is 11.3 Å². The molecule has 0 bridgehead atoms. The Hall–Kier alpha value is -2.73. The van der Waals surface area contributed by atoms with Crippen molar-refractivity contribution in [2.24, 2.45) is 0 Å². The van der Waals surface area contributed by atoms with E-state index in [-0.39, 0.29) is 17.4 Å². The summed E-state index contributed by atoms with van der Waals surface area (Å²) in [6.45, 7) is 3.37. The first-order valence-electron chi connectivity index (χ1n) is 9.01. The molecule has 1 N–H and O–H groups in total. The van der Waals surface area contributed by atoms with Gasteiger partial charge in [0.15, 0.2) is 0 Å². The van der Waals surface area contributed by atoms with E-state index in [1.54, 1.807) is 23.5 Å². The molecule has 1 aromatic heterocycles. The van der Waals surface area contributed by atoms with Crippen molar-refractivity contribution in [1.82, 2.24) is 9.88 Å². The molecule has 2 aromatic carbocycles. The number of benzene rings is 2. The second-order valence-electron chi connectivity index (χ2n) is 6.93. The Morgan fingerprint density at radius 2 is 1.89 bits per heavy atom. The number of piperidine rings is 1. The molecule has 27 heavy (non-hydrogen) atoms. The fraction of sp³-hybridized carbons (Fsp3) is 0.286. The number of aromatic nitrogens is 1. The van der Waals surface area contributed by atoms with Crippen LogP contribution in [-0.4, -0.2) is 40.0 Å². The third-order valence-electron chi connectivity index (χ3n) is 5.08. The lowest BCUT2D eigenvalue weighted by molar-refractivity contribution is 0.0693. The summed E-state index contributed by atoms with van der Waals surface area (Å²) in [6.07, 6.45) is 1.94. The molecule has 6 heteroatoms. The molecule has 1 saturated heterocycles. The highest BCUT2D eigenvalue weighted by molar-refractivity contribution is 7.18. The Kier molecular flexibility index (Phi) is 4.66. The molecule has 0 saturated carbocycles. The maximum atomic E-state index is 13.0. The molecule has 2 heterocycles. The number of hydrogen-bond acceptors (Lipinski definition) is 4. The maximum absolute atomic E-state index is 13.0. The van der Waals surface area contributed by atoms with Crippen LogP contribution < -0.4 is 0 Å². The van der Waals surface area contributed by atoms with Crippen molar-refractivity contribution in [3.8, 4) is 0 Å². The number of fused-ring (bicyclic) bond motifs is 1. The Labute approximate surface area is 161 Å². The van der Waals surface area contributed by atoms with E-state index in [2.05, 4.69) is 4.98 Å². The van der Waals surface area contributed by atoms with E-state index in [4.69, 9.17) is 5.11 Å². The van der Waals surface area contributed by atoms with Gasteiger partial charge in [-0.25, -0.2) is 9.78 Å². The molecular weight excluding hydrogens is 360 g/mol. The predicted molar refractivity (Wildman–Crippen MR) is 106 cm³/mol. The fourth-order valence-electron chi connectivity index (χ4n) is 3.69. The smallest absolute Gasteiger partial charge is 0.335 e. The van der Waals surface area contributed by atoms with Crippen LogP contribution in [0.3, 0.4) is 0 Å². The normalized spacial score (nSPS) is 17.2. The van der Waals surface area contributed by atoms with Crippen LogP contribution in [0.4, 0.5) is 0 Å². The number of thiazole rings is 1. The minimum absolute atomic E-state index is 0.0365. The Balaban J connectivity index is 1.52. The van der Waals surface area contributed by atoms with E-state index in [9.17, 15) is 9.59 Å². The zero-order chi connectivity index (χ0) is 19.0. The number of hydrogen-bond donors (Lipinski definition) is 1. The van der Waals surface area contributed by atoms with Gasteiger partial charge in [-0.3, -0.25) is 4.79 Å². The average Bonchev–Trinajstić information content (AvgIpc) is 3.06. The summed E-state index contributed by atoms with van der Waals surface area (Å²) in [5, 5.41) is 10.0. The Morgan fingerprint density at radius 1 is 1.15 bits per heavy atom. The van der Waals surface area contributed by atoms with Crippen LogP contribution in [0.25, 0.3) is 10.2 Å². The number of carboxylic acids is 1. The van der Waals surface area contributed by atoms with E-state index in [0.717, 1.165) is 40.2 Å². The molecule has 1 aliphatic rings. The molecule has 0 aliphatic carbocycles. The summed E-state index contributed by atoms with van der Waals surface area (Å²) in [7, 11) is 0. The molecule has 3 aromatic rings. The summed E-state index contributed by atoms with van der Waals surface area (Å²) < 4.78 is 1.10. The monoisotopic (exact) mass is 380 g/mol. The fourth-order valence-corrected chi connectivity index (χ4v) is 4.50. The van der Waals surface area contributed by atoms with Crippen molar-refractivity contribution in [2.75, 3.05) is 13.1 Å². The first kappa shape index (κ1) is 17.7. The number of amides is 1. The number of carboxylic acid groups (broad SMARTS) is 1. The van der Waals surface area contributed by atoms with Gasteiger partial charge in [0.2, 0.25) is 0 Å². The van der Waals surface area contributed by atoms with Crippen LogP contribution in [0.2, 0.25) is 0 Å². The second kappa shape index (κ2) is 7.12. The number of carbonyl (C=O) groups is 2. The van der Waals surface area contributed by atoms with Crippen LogP contribution in [0.15, 0.2) is 42.5 Å². The van der Waals surface area contributed by atoms with Crippen LogP contribution in [0.1, 0.15) is 50.0 Å². The van der Waals surface area contributed by atoms with Gasteiger partial charge < -0.3 is 10.0 Å². The van der Waals surface area contributed by atoms with E-state index < -0.39 is 5.97 Å². The van der Waals surface area contributed by atoms with Gasteiger partial charge in [-0.05, 0) is 55.7 Å². The lowest BCUT2D eigenvalue weighted by Crippen LogP contribution is -2.39.